The quantitative estimate of drug-likeness (QED) is 0.919. The average molecular weight is 301 g/mol. The number of hydrogen-bond donors (Lipinski definition) is 1. The Bertz CT molecular complexity index is 650. The normalized spacial score (nSPS) is 11.1. The molecule has 0 bridgehead atoms. The van der Waals surface area contributed by atoms with Gasteiger partial charge < -0.3 is 10.1 Å². The van der Waals surface area contributed by atoms with Crippen LogP contribution in [0.1, 0.15) is 25.0 Å². The number of nitrogens with one attached hydrogen (secondary N) is 1. The van der Waals surface area contributed by atoms with Crippen molar-refractivity contribution in [2.45, 2.75) is 25.8 Å². The third-order valence-electron chi connectivity index (χ3n) is 3.52. The highest BCUT2D eigenvalue weighted by Gasteiger charge is 2.22. The molecule has 0 aromatic heterocycles. The van der Waals surface area contributed by atoms with Crippen LogP contribution in [0.4, 0.5) is 4.39 Å². The van der Waals surface area contributed by atoms with Gasteiger partial charge in [-0.2, -0.15) is 0 Å². The first-order valence-electron chi connectivity index (χ1n) is 7.11. The lowest BCUT2D eigenvalue weighted by Gasteiger charge is -2.27. The molecule has 0 radical (unpaired) electrons. The van der Waals surface area contributed by atoms with E-state index in [1.807, 2.05) is 38.1 Å². The predicted octanol–water partition coefficient (Wildman–Crippen LogP) is 3.43. The molecule has 2 aromatic carbocycles. The maximum absolute atomic E-state index is 13.1. The number of amides is 1. The van der Waals surface area contributed by atoms with Gasteiger partial charge in [0.1, 0.15) is 11.6 Å². The van der Waals surface area contributed by atoms with Gasteiger partial charge in [-0.3, -0.25) is 4.79 Å². The number of methoxy groups -OCH3 is 1. The second kappa shape index (κ2) is 6.60. The average Bonchev–Trinajstić information content (AvgIpc) is 2.46. The molecule has 0 aliphatic carbocycles. The van der Waals surface area contributed by atoms with Gasteiger partial charge in [0, 0.05) is 0 Å². The third kappa shape index (κ3) is 4.07. The maximum Gasteiger partial charge on any atom is 0.225 e. The SMILES string of the molecule is COc1ccc(C(C)(C)NC(=O)Cc2cccc(F)c2)cc1. The lowest BCUT2D eigenvalue weighted by molar-refractivity contribution is -0.122. The van der Waals surface area contributed by atoms with Gasteiger partial charge in [-0.15, -0.1) is 0 Å². The molecule has 0 aliphatic rings. The molecule has 2 rings (SSSR count). The molecule has 0 unspecified atom stereocenters. The molecule has 0 spiro atoms. The first kappa shape index (κ1) is 16.0. The smallest absolute Gasteiger partial charge is 0.225 e. The van der Waals surface area contributed by atoms with Crippen molar-refractivity contribution in [2.24, 2.45) is 0 Å². The van der Waals surface area contributed by atoms with Crippen LogP contribution in [0.15, 0.2) is 48.5 Å². The molecule has 116 valence electrons. The van der Waals surface area contributed by atoms with Crippen molar-refractivity contribution in [1.29, 1.82) is 0 Å². The highest BCUT2D eigenvalue weighted by molar-refractivity contribution is 5.79. The van der Waals surface area contributed by atoms with Crippen LogP contribution >= 0.6 is 0 Å². The van der Waals surface area contributed by atoms with Gasteiger partial charge in [-0.1, -0.05) is 24.3 Å². The van der Waals surface area contributed by atoms with E-state index >= 15 is 0 Å². The lowest BCUT2D eigenvalue weighted by Crippen LogP contribution is -2.41. The Kier molecular flexibility index (Phi) is 4.81. The fraction of sp³-hybridized carbons (Fsp3) is 0.278. The summed E-state index contributed by atoms with van der Waals surface area (Å²) in [6.07, 6.45) is 0.150. The van der Waals surface area contributed by atoms with E-state index in [-0.39, 0.29) is 18.1 Å². The van der Waals surface area contributed by atoms with E-state index in [1.165, 1.54) is 12.1 Å². The number of halogens is 1. The molecule has 0 fully saturated rings. The Labute approximate surface area is 130 Å². The largest absolute Gasteiger partial charge is 0.497 e. The molecule has 0 heterocycles. The standard InChI is InChI=1S/C18H20FNO2/c1-18(2,14-7-9-16(22-3)10-8-14)20-17(21)12-13-5-4-6-15(19)11-13/h4-11H,12H2,1-3H3,(H,20,21). The molecular weight excluding hydrogens is 281 g/mol. The highest BCUT2D eigenvalue weighted by Crippen LogP contribution is 2.22. The molecule has 1 amide bonds. The molecule has 2 aromatic rings. The molecule has 1 N–H and O–H groups in total. The van der Waals surface area contributed by atoms with Crippen molar-refractivity contribution >= 4 is 5.91 Å². The van der Waals surface area contributed by atoms with Gasteiger partial charge in [-0.05, 0) is 49.2 Å². The lowest BCUT2D eigenvalue weighted by atomic mass is 9.94. The van der Waals surface area contributed by atoms with Crippen LogP contribution in [0.25, 0.3) is 0 Å². The van der Waals surface area contributed by atoms with E-state index < -0.39 is 5.54 Å². The number of carbonyl (C=O) groups excluding carboxylic acids is 1. The molecule has 0 aliphatic heterocycles. The summed E-state index contributed by atoms with van der Waals surface area (Å²) in [5, 5.41) is 2.98. The summed E-state index contributed by atoms with van der Waals surface area (Å²) in [6.45, 7) is 3.86. The summed E-state index contributed by atoms with van der Waals surface area (Å²) in [5.74, 6) is 0.289. The number of rotatable bonds is 5. The Morgan fingerprint density at radius 3 is 2.45 bits per heavy atom. The summed E-state index contributed by atoms with van der Waals surface area (Å²) >= 11 is 0. The Balaban J connectivity index is 2.05. The molecule has 0 saturated carbocycles. The molecule has 4 heteroatoms. The maximum atomic E-state index is 13.1. The second-order valence-electron chi connectivity index (χ2n) is 5.71. The Morgan fingerprint density at radius 2 is 1.86 bits per heavy atom. The number of benzene rings is 2. The molecule has 0 atom stereocenters. The van der Waals surface area contributed by atoms with Crippen LogP contribution in [-0.4, -0.2) is 13.0 Å². The minimum atomic E-state index is -0.517. The zero-order valence-electron chi connectivity index (χ0n) is 13.0. The van der Waals surface area contributed by atoms with E-state index in [2.05, 4.69) is 5.32 Å². The van der Waals surface area contributed by atoms with Crippen molar-refractivity contribution in [3.05, 3.63) is 65.5 Å². The summed E-state index contributed by atoms with van der Waals surface area (Å²) < 4.78 is 18.3. The van der Waals surface area contributed by atoms with E-state index in [9.17, 15) is 9.18 Å². The Hall–Kier alpha value is -2.36. The van der Waals surface area contributed by atoms with E-state index in [0.717, 1.165) is 11.3 Å². The van der Waals surface area contributed by atoms with Gasteiger partial charge in [0.05, 0.1) is 19.1 Å². The first-order chi connectivity index (χ1) is 10.4. The topological polar surface area (TPSA) is 38.3 Å². The van der Waals surface area contributed by atoms with Crippen molar-refractivity contribution in [3.63, 3.8) is 0 Å². The predicted molar refractivity (Wildman–Crippen MR) is 84.3 cm³/mol. The number of carbonyl (C=O) groups is 1. The minimum absolute atomic E-state index is 0.147. The summed E-state index contributed by atoms with van der Waals surface area (Å²) in [5.41, 5.74) is 1.11. The molecule has 22 heavy (non-hydrogen) atoms. The second-order valence-corrected chi connectivity index (χ2v) is 5.71. The summed E-state index contributed by atoms with van der Waals surface area (Å²) in [6, 6.07) is 13.6. The monoisotopic (exact) mass is 301 g/mol. The van der Waals surface area contributed by atoms with Gasteiger partial charge in [-0.25, -0.2) is 4.39 Å². The third-order valence-corrected chi connectivity index (χ3v) is 3.52. The minimum Gasteiger partial charge on any atom is -0.497 e. The van der Waals surface area contributed by atoms with Crippen LogP contribution in [0.3, 0.4) is 0 Å². The van der Waals surface area contributed by atoms with Crippen LogP contribution in [0, 0.1) is 5.82 Å². The van der Waals surface area contributed by atoms with Crippen molar-refractivity contribution in [3.8, 4) is 5.75 Å². The van der Waals surface area contributed by atoms with Gasteiger partial charge in [0.2, 0.25) is 5.91 Å². The van der Waals surface area contributed by atoms with Crippen LogP contribution in [0.5, 0.6) is 5.75 Å². The molecule has 0 saturated heterocycles. The number of ether oxygens (including phenoxy) is 1. The van der Waals surface area contributed by atoms with Crippen LogP contribution in [0.2, 0.25) is 0 Å². The van der Waals surface area contributed by atoms with Gasteiger partial charge in [0.25, 0.3) is 0 Å². The zero-order valence-corrected chi connectivity index (χ0v) is 13.0. The first-order valence-corrected chi connectivity index (χ1v) is 7.11. The van der Waals surface area contributed by atoms with Gasteiger partial charge >= 0.3 is 0 Å². The van der Waals surface area contributed by atoms with Crippen molar-refractivity contribution in [1.82, 2.24) is 5.32 Å². The summed E-state index contributed by atoms with van der Waals surface area (Å²) in [4.78, 5) is 12.2. The van der Waals surface area contributed by atoms with E-state index in [4.69, 9.17) is 4.74 Å². The Morgan fingerprint density at radius 1 is 1.18 bits per heavy atom. The van der Waals surface area contributed by atoms with E-state index in [1.54, 1.807) is 19.2 Å². The van der Waals surface area contributed by atoms with Crippen LogP contribution < -0.4 is 10.1 Å². The number of hydrogen-bond acceptors (Lipinski definition) is 2. The van der Waals surface area contributed by atoms with Crippen molar-refractivity contribution < 1.29 is 13.9 Å². The van der Waals surface area contributed by atoms with E-state index in [0.29, 0.717) is 5.56 Å². The fourth-order valence-electron chi connectivity index (χ4n) is 2.30. The van der Waals surface area contributed by atoms with Crippen molar-refractivity contribution in [2.75, 3.05) is 7.11 Å². The molecular formula is C18H20FNO2. The van der Waals surface area contributed by atoms with Gasteiger partial charge in [0.15, 0.2) is 0 Å². The zero-order chi connectivity index (χ0) is 16.2. The fourth-order valence-corrected chi connectivity index (χ4v) is 2.30. The highest BCUT2D eigenvalue weighted by atomic mass is 19.1. The molecule has 3 nitrogen and oxygen atoms in total. The summed E-state index contributed by atoms with van der Waals surface area (Å²) in [7, 11) is 1.61. The van der Waals surface area contributed by atoms with Crippen LogP contribution in [-0.2, 0) is 16.8 Å².